The van der Waals surface area contributed by atoms with Crippen molar-refractivity contribution in [2.75, 3.05) is 0 Å². The van der Waals surface area contributed by atoms with Crippen LogP contribution in [0.15, 0.2) is 41.8 Å². The van der Waals surface area contributed by atoms with E-state index >= 15 is 0 Å². The van der Waals surface area contributed by atoms with Crippen LogP contribution < -0.4 is 5.32 Å². The molecule has 1 nitrogen and oxygen atoms in total. The molecule has 0 amide bonds. The summed E-state index contributed by atoms with van der Waals surface area (Å²) in [4.78, 5) is 1.40. The lowest BCUT2D eigenvalue weighted by Gasteiger charge is -2.26. The van der Waals surface area contributed by atoms with Crippen LogP contribution in [0.25, 0.3) is 0 Å². The van der Waals surface area contributed by atoms with Crippen molar-refractivity contribution in [2.24, 2.45) is 5.92 Å². The molecule has 3 heteroatoms. The van der Waals surface area contributed by atoms with Crippen molar-refractivity contribution >= 4 is 22.9 Å². The van der Waals surface area contributed by atoms with Gasteiger partial charge in [-0.1, -0.05) is 43.6 Å². The second kappa shape index (κ2) is 6.56. The molecule has 1 aromatic carbocycles. The maximum Gasteiger partial charge on any atom is 0.0442 e. The number of benzene rings is 1. The molecular formula is C16H20ClNS. The van der Waals surface area contributed by atoms with Gasteiger partial charge < -0.3 is 5.32 Å². The Labute approximate surface area is 124 Å². The average Bonchev–Trinajstić information content (AvgIpc) is 2.89. The van der Waals surface area contributed by atoms with Crippen LogP contribution in [-0.4, -0.2) is 0 Å². The zero-order valence-corrected chi connectivity index (χ0v) is 13.1. The van der Waals surface area contributed by atoms with Crippen molar-refractivity contribution in [1.82, 2.24) is 5.32 Å². The average molecular weight is 294 g/mol. The zero-order chi connectivity index (χ0) is 13.8. The number of rotatable bonds is 5. The topological polar surface area (TPSA) is 12.0 Å². The second-order valence-electron chi connectivity index (χ2n) is 5.18. The monoisotopic (exact) mass is 293 g/mol. The highest BCUT2D eigenvalue weighted by Gasteiger charge is 2.19. The van der Waals surface area contributed by atoms with Crippen molar-refractivity contribution in [2.45, 2.75) is 32.9 Å². The summed E-state index contributed by atoms with van der Waals surface area (Å²) in [6.45, 7) is 6.71. The molecule has 1 aromatic heterocycles. The minimum atomic E-state index is 0.312. The standard InChI is InChI=1S/C16H20ClNS/c1-11(2)16(15-5-4-10-19-15)18-12(3)13-6-8-14(17)9-7-13/h4-12,16,18H,1-3H3. The molecule has 2 atom stereocenters. The fraction of sp³-hybridized carbons (Fsp3) is 0.375. The van der Waals surface area contributed by atoms with Crippen LogP contribution in [0.3, 0.4) is 0 Å². The third-order valence-corrected chi connectivity index (χ3v) is 4.52. The summed E-state index contributed by atoms with van der Waals surface area (Å²) >= 11 is 7.75. The SMILES string of the molecule is CC(NC(c1cccs1)C(C)C)c1ccc(Cl)cc1. The number of thiophene rings is 1. The van der Waals surface area contributed by atoms with E-state index in [0.29, 0.717) is 18.0 Å². The van der Waals surface area contributed by atoms with Crippen LogP contribution in [0, 0.1) is 5.92 Å². The number of nitrogens with one attached hydrogen (secondary N) is 1. The quantitative estimate of drug-likeness (QED) is 0.773. The fourth-order valence-corrected chi connectivity index (χ4v) is 3.27. The molecule has 0 aliphatic carbocycles. The lowest BCUT2D eigenvalue weighted by atomic mass is 10.00. The third-order valence-electron chi connectivity index (χ3n) is 3.32. The van der Waals surface area contributed by atoms with Crippen molar-refractivity contribution in [3.63, 3.8) is 0 Å². The van der Waals surface area contributed by atoms with Gasteiger partial charge in [-0.05, 0) is 42.0 Å². The summed E-state index contributed by atoms with van der Waals surface area (Å²) < 4.78 is 0. The molecule has 2 unspecified atom stereocenters. The van der Waals surface area contributed by atoms with Crippen molar-refractivity contribution < 1.29 is 0 Å². The first-order valence-corrected chi connectivity index (χ1v) is 7.88. The highest BCUT2D eigenvalue weighted by atomic mass is 35.5. The smallest absolute Gasteiger partial charge is 0.0442 e. The van der Waals surface area contributed by atoms with Crippen LogP contribution in [0.2, 0.25) is 5.02 Å². The molecule has 2 aromatic rings. The first-order valence-electron chi connectivity index (χ1n) is 6.63. The minimum absolute atomic E-state index is 0.312. The normalized spacial score (nSPS) is 14.6. The van der Waals surface area contributed by atoms with E-state index in [4.69, 9.17) is 11.6 Å². The lowest BCUT2D eigenvalue weighted by molar-refractivity contribution is 0.379. The predicted molar refractivity (Wildman–Crippen MR) is 84.9 cm³/mol. The van der Waals surface area contributed by atoms with E-state index in [-0.39, 0.29) is 0 Å². The first-order chi connectivity index (χ1) is 9.08. The van der Waals surface area contributed by atoms with Gasteiger partial charge in [-0.2, -0.15) is 0 Å². The summed E-state index contributed by atoms with van der Waals surface area (Å²) in [5.74, 6) is 0.563. The molecule has 0 aliphatic heterocycles. The largest absolute Gasteiger partial charge is 0.302 e. The minimum Gasteiger partial charge on any atom is -0.302 e. The van der Waals surface area contributed by atoms with Gasteiger partial charge >= 0.3 is 0 Å². The van der Waals surface area contributed by atoms with E-state index in [1.54, 1.807) is 0 Å². The van der Waals surface area contributed by atoms with Gasteiger partial charge in [0.05, 0.1) is 0 Å². The van der Waals surface area contributed by atoms with Gasteiger partial charge in [0.1, 0.15) is 0 Å². The molecule has 19 heavy (non-hydrogen) atoms. The van der Waals surface area contributed by atoms with E-state index in [2.05, 4.69) is 55.7 Å². The van der Waals surface area contributed by atoms with Crippen LogP contribution in [-0.2, 0) is 0 Å². The molecule has 2 rings (SSSR count). The molecule has 0 aliphatic rings. The van der Waals surface area contributed by atoms with Crippen LogP contribution in [0.4, 0.5) is 0 Å². The van der Waals surface area contributed by atoms with Crippen molar-refractivity contribution in [3.8, 4) is 0 Å². The Morgan fingerprint density at radius 1 is 1.05 bits per heavy atom. The van der Waals surface area contributed by atoms with Crippen LogP contribution in [0.1, 0.15) is 43.3 Å². The highest BCUT2D eigenvalue weighted by Crippen LogP contribution is 2.29. The predicted octanol–water partition coefficient (Wildman–Crippen LogP) is 5.45. The van der Waals surface area contributed by atoms with Crippen molar-refractivity contribution in [3.05, 3.63) is 57.2 Å². The van der Waals surface area contributed by atoms with Gasteiger partial charge in [0, 0.05) is 22.0 Å². The lowest BCUT2D eigenvalue weighted by Crippen LogP contribution is -2.27. The van der Waals surface area contributed by atoms with Gasteiger partial charge in [-0.15, -0.1) is 11.3 Å². The van der Waals surface area contributed by atoms with E-state index in [1.807, 2.05) is 23.5 Å². The summed E-state index contributed by atoms with van der Waals surface area (Å²) in [5, 5.41) is 6.65. The Kier molecular flexibility index (Phi) is 5.03. The molecule has 0 radical (unpaired) electrons. The molecule has 0 fully saturated rings. The zero-order valence-electron chi connectivity index (χ0n) is 11.6. The summed E-state index contributed by atoms with van der Waals surface area (Å²) in [6.07, 6.45) is 0. The summed E-state index contributed by atoms with van der Waals surface area (Å²) in [7, 11) is 0. The van der Waals surface area contributed by atoms with E-state index in [0.717, 1.165) is 5.02 Å². The Bertz CT molecular complexity index is 490. The molecule has 0 saturated heterocycles. The second-order valence-corrected chi connectivity index (χ2v) is 6.59. The van der Waals surface area contributed by atoms with Gasteiger partial charge in [-0.25, -0.2) is 0 Å². The van der Waals surface area contributed by atoms with Gasteiger partial charge in [0.2, 0.25) is 0 Å². The molecule has 102 valence electrons. The fourth-order valence-electron chi connectivity index (χ4n) is 2.19. The first kappa shape index (κ1) is 14.6. The third kappa shape index (κ3) is 3.82. The highest BCUT2D eigenvalue weighted by molar-refractivity contribution is 7.10. The van der Waals surface area contributed by atoms with Gasteiger partial charge in [0.15, 0.2) is 0 Å². The van der Waals surface area contributed by atoms with Crippen molar-refractivity contribution in [1.29, 1.82) is 0 Å². The molecule has 0 saturated carbocycles. The molecule has 1 N–H and O–H groups in total. The van der Waals surface area contributed by atoms with E-state index in [9.17, 15) is 0 Å². The Morgan fingerprint density at radius 2 is 1.74 bits per heavy atom. The summed E-state index contributed by atoms with van der Waals surface area (Å²) in [5.41, 5.74) is 1.27. The van der Waals surface area contributed by atoms with Crippen LogP contribution >= 0.6 is 22.9 Å². The molecule has 1 heterocycles. The number of hydrogen-bond acceptors (Lipinski definition) is 2. The molecule has 0 bridgehead atoms. The van der Waals surface area contributed by atoms with Gasteiger partial charge in [-0.3, -0.25) is 0 Å². The molecular weight excluding hydrogens is 274 g/mol. The summed E-state index contributed by atoms with van der Waals surface area (Å²) in [6, 6.07) is 13.1. The Hall–Kier alpha value is -0.830. The van der Waals surface area contributed by atoms with Crippen LogP contribution in [0.5, 0.6) is 0 Å². The molecule has 0 spiro atoms. The maximum atomic E-state index is 5.94. The maximum absolute atomic E-state index is 5.94. The van der Waals surface area contributed by atoms with E-state index < -0.39 is 0 Å². The Morgan fingerprint density at radius 3 is 2.26 bits per heavy atom. The Balaban J connectivity index is 2.11. The van der Waals surface area contributed by atoms with E-state index in [1.165, 1.54) is 10.4 Å². The van der Waals surface area contributed by atoms with Gasteiger partial charge in [0.25, 0.3) is 0 Å². The number of halogens is 1. The number of hydrogen-bond donors (Lipinski definition) is 1.